The SMILES string of the molecule is CCc1ccc(C(CNS(=O)(=O)CC)N(C)C)cc1. The molecule has 0 aliphatic carbocycles. The van der Waals surface area contributed by atoms with Crippen molar-refractivity contribution in [1.29, 1.82) is 0 Å². The number of hydrogen-bond acceptors (Lipinski definition) is 3. The van der Waals surface area contributed by atoms with Crippen molar-refractivity contribution in [2.75, 3.05) is 26.4 Å². The predicted octanol–water partition coefficient (Wildman–Crippen LogP) is 1.79. The lowest BCUT2D eigenvalue weighted by molar-refractivity contribution is 0.299. The smallest absolute Gasteiger partial charge is 0.211 e. The standard InChI is InChI=1S/C14H24N2O2S/c1-5-12-7-9-13(10-8-12)14(16(3)4)11-15-19(17,18)6-2/h7-10,14-15H,5-6,11H2,1-4H3. The van der Waals surface area contributed by atoms with Crippen molar-refractivity contribution in [3.05, 3.63) is 35.4 Å². The van der Waals surface area contributed by atoms with Crippen LogP contribution < -0.4 is 4.72 Å². The molecule has 4 nitrogen and oxygen atoms in total. The van der Waals surface area contributed by atoms with Crippen molar-refractivity contribution in [3.8, 4) is 0 Å². The van der Waals surface area contributed by atoms with Crippen LogP contribution in [0.4, 0.5) is 0 Å². The third kappa shape index (κ3) is 4.93. The van der Waals surface area contributed by atoms with E-state index in [2.05, 4.69) is 35.9 Å². The highest BCUT2D eigenvalue weighted by Gasteiger charge is 2.16. The molecule has 0 spiro atoms. The van der Waals surface area contributed by atoms with Crippen LogP contribution in [0.5, 0.6) is 0 Å². The summed E-state index contributed by atoms with van der Waals surface area (Å²) in [5.41, 5.74) is 2.41. The quantitative estimate of drug-likeness (QED) is 0.830. The average molecular weight is 284 g/mol. The molecule has 19 heavy (non-hydrogen) atoms. The molecule has 0 saturated carbocycles. The molecule has 0 amide bonds. The first kappa shape index (κ1) is 16.1. The second-order valence-electron chi connectivity index (χ2n) is 4.83. The molecule has 108 valence electrons. The lowest BCUT2D eigenvalue weighted by atomic mass is 10.0. The van der Waals surface area contributed by atoms with Gasteiger partial charge in [-0.1, -0.05) is 31.2 Å². The summed E-state index contributed by atoms with van der Waals surface area (Å²) in [5.74, 6) is 0.113. The van der Waals surface area contributed by atoms with Crippen molar-refractivity contribution in [3.63, 3.8) is 0 Å². The highest BCUT2D eigenvalue weighted by atomic mass is 32.2. The number of sulfonamides is 1. The van der Waals surface area contributed by atoms with E-state index in [0.717, 1.165) is 12.0 Å². The molecule has 0 saturated heterocycles. The summed E-state index contributed by atoms with van der Waals surface area (Å²) in [7, 11) is 0.768. The minimum Gasteiger partial charge on any atom is -0.301 e. The van der Waals surface area contributed by atoms with Crippen LogP contribution in [-0.2, 0) is 16.4 Å². The molecule has 0 aromatic heterocycles. The first-order valence-corrected chi connectivity index (χ1v) is 8.27. The molecular formula is C14H24N2O2S. The van der Waals surface area contributed by atoms with E-state index in [1.165, 1.54) is 5.56 Å². The van der Waals surface area contributed by atoms with Crippen LogP contribution in [0.25, 0.3) is 0 Å². The molecule has 1 N–H and O–H groups in total. The molecule has 0 radical (unpaired) electrons. The van der Waals surface area contributed by atoms with Gasteiger partial charge in [0.2, 0.25) is 10.0 Å². The maximum Gasteiger partial charge on any atom is 0.211 e. The number of aryl methyl sites for hydroxylation is 1. The molecule has 1 atom stereocenters. The van der Waals surface area contributed by atoms with Gasteiger partial charge in [0.25, 0.3) is 0 Å². The van der Waals surface area contributed by atoms with Gasteiger partial charge in [-0.05, 0) is 38.6 Å². The minimum atomic E-state index is -3.15. The Morgan fingerprint density at radius 1 is 1.16 bits per heavy atom. The molecular weight excluding hydrogens is 260 g/mol. The zero-order chi connectivity index (χ0) is 14.5. The second-order valence-corrected chi connectivity index (χ2v) is 6.92. The van der Waals surface area contributed by atoms with Crippen molar-refractivity contribution < 1.29 is 8.42 Å². The van der Waals surface area contributed by atoms with Gasteiger partial charge in [0, 0.05) is 12.6 Å². The highest BCUT2D eigenvalue weighted by molar-refractivity contribution is 7.89. The molecule has 1 aromatic rings. The Morgan fingerprint density at radius 2 is 1.74 bits per heavy atom. The van der Waals surface area contributed by atoms with E-state index >= 15 is 0 Å². The highest BCUT2D eigenvalue weighted by Crippen LogP contribution is 2.18. The van der Waals surface area contributed by atoms with Crippen molar-refractivity contribution in [1.82, 2.24) is 9.62 Å². The van der Waals surface area contributed by atoms with Gasteiger partial charge < -0.3 is 4.90 Å². The number of nitrogens with one attached hydrogen (secondary N) is 1. The molecule has 1 unspecified atom stereocenters. The normalized spacial score (nSPS) is 13.7. The van der Waals surface area contributed by atoms with Gasteiger partial charge in [0.05, 0.1) is 5.75 Å². The maximum atomic E-state index is 11.5. The van der Waals surface area contributed by atoms with Crippen molar-refractivity contribution in [2.45, 2.75) is 26.3 Å². The Kier molecular flexibility index (Phi) is 5.97. The molecule has 0 fully saturated rings. The van der Waals surface area contributed by atoms with Crippen LogP contribution in [0, 0.1) is 0 Å². The molecule has 0 bridgehead atoms. The zero-order valence-corrected chi connectivity index (χ0v) is 13.0. The third-order valence-corrected chi connectivity index (χ3v) is 4.64. The Balaban J connectivity index is 2.82. The summed E-state index contributed by atoms with van der Waals surface area (Å²) in [5, 5.41) is 0. The summed E-state index contributed by atoms with van der Waals surface area (Å²) < 4.78 is 25.7. The molecule has 5 heteroatoms. The number of benzene rings is 1. The minimum absolute atomic E-state index is 0.0484. The third-order valence-electron chi connectivity index (χ3n) is 3.27. The van der Waals surface area contributed by atoms with E-state index in [1.54, 1.807) is 6.92 Å². The lowest BCUT2D eigenvalue weighted by Crippen LogP contribution is -2.35. The van der Waals surface area contributed by atoms with Crippen LogP contribution in [0.15, 0.2) is 24.3 Å². The predicted molar refractivity (Wildman–Crippen MR) is 79.7 cm³/mol. The summed E-state index contributed by atoms with van der Waals surface area (Å²) in [6, 6.07) is 8.39. The van der Waals surface area contributed by atoms with Gasteiger partial charge in [0.15, 0.2) is 0 Å². The number of likely N-dealkylation sites (N-methyl/N-ethyl adjacent to an activating group) is 1. The van der Waals surface area contributed by atoms with Crippen LogP contribution in [0.1, 0.15) is 31.0 Å². The Morgan fingerprint density at radius 3 is 2.16 bits per heavy atom. The first-order valence-electron chi connectivity index (χ1n) is 6.62. The lowest BCUT2D eigenvalue weighted by Gasteiger charge is -2.25. The summed E-state index contributed by atoms with van der Waals surface area (Å²) in [4.78, 5) is 2.03. The number of nitrogens with zero attached hydrogens (tertiary/aromatic N) is 1. The number of rotatable bonds is 7. The van der Waals surface area contributed by atoms with Crippen LogP contribution in [-0.4, -0.2) is 39.7 Å². The van der Waals surface area contributed by atoms with Gasteiger partial charge in [0.1, 0.15) is 0 Å². The van der Waals surface area contributed by atoms with Gasteiger partial charge in [-0.2, -0.15) is 0 Å². The molecule has 0 aliphatic rings. The zero-order valence-electron chi connectivity index (χ0n) is 12.2. The number of hydrogen-bond donors (Lipinski definition) is 1. The second kappa shape index (κ2) is 7.03. The Hall–Kier alpha value is -0.910. The molecule has 1 aromatic carbocycles. The summed E-state index contributed by atoms with van der Waals surface area (Å²) >= 11 is 0. The molecule has 0 heterocycles. The largest absolute Gasteiger partial charge is 0.301 e. The average Bonchev–Trinajstić information content (AvgIpc) is 2.39. The van der Waals surface area contributed by atoms with Crippen molar-refractivity contribution >= 4 is 10.0 Å². The van der Waals surface area contributed by atoms with E-state index in [1.807, 2.05) is 19.0 Å². The maximum absolute atomic E-state index is 11.5. The van der Waals surface area contributed by atoms with E-state index in [0.29, 0.717) is 6.54 Å². The van der Waals surface area contributed by atoms with Crippen LogP contribution in [0.3, 0.4) is 0 Å². The van der Waals surface area contributed by atoms with E-state index in [9.17, 15) is 8.42 Å². The fraction of sp³-hybridized carbons (Fsp3) is 0.571. The summed E-state index contributed by atoms with van der Waals surface area (Å²) in [6.45, 7) is 4.16. The van der Waals surface area contributed by atoms with E-state index < -0.39 is 10.0 Å². The molecule has 0 aliphatic heterocycles. The Bertz CT molecular complexity index is 481. The van der Waals surface area contributed by atoms with Gasteiger partial charge >= 0.3 is 0 Å². The topological polar surface area (TPSA) is 49.4 Å². The monoisotopic (exact) mass is 284 g/mol. The van der Waals surface area contributed by atoms with Crippen LogP contribution >= 0.6 is 0 Å². The van der Waals surface area contributed by atoms with Crippen LogP contribution in [0.2, 0.25) is 0 Å². The van der Waals surface area contributed by atoms with Gasteiger partial charge in [-0.25, -0.2) is 13.1 Å². The summed E-state index contributed by atoms with van der Waals surface area (Å²) in [6.07, 6.45) is 1.01. The fourth-order valence-corrected chi connectivity index (χ4v) is 2.50. The van der Waals surface area contributed by atoms with Gasteiger partial charge in [-0.15, -0.1) is 0 Å². The fourth-order valence-electron chi connectivity index (χ4n) is 1.88. The molecule has 1 rings (SSSR count). The Labute approximate surface area is 116 Å². The first-order chi connectivity index (χ1) is 8.89. The van der Waals surface area contributed by atoms with Crippen molar-refractivity contribution in [2.24, 2.45) is 0 Å². The van der Waals surface area contributed by atoms with E-state index in [4.69, 9.17) is 0 Å². The van der Waals surface area contributed by atoms with E-state index in [-0.39, 0.29) is 11.8 Å². The van der Waals surface area contributed by atoms with Gasteiger partial charge in [-0.3, -0.25) is 0 Å².